The molecule has 0 unspecified atom stereocenters. The van der Waals surface area contributed by atoms with Crippen LogP contribution in [0, 0.1) is 0 Å². The van der Waals surface area contributed by atoms with Gasteiger partial charge in [0, 0.05) is 60.3 Å². The van der Waals surface area contributed by atoms with Gasteiger partial charge in [-0.3, -0.25) is 0 Å². The van der Waals surface area contributed by atoms with E-state index in [1.807, 2.05) is 48.5 Å². The molecular formula is C63H38N4O2. The molecule has 0 fully saturated rings. The average Bonchev–Trinajstić information content (AvgIpc) is 4.10. The summed E-state index contributed by atoms with van der Waals surface area (Å²) in [5, 5.41) is 6.45. The second-order valence-corrected chi connectivity index (χ2v) is 17.5. The normalized spacial score (nSPS) is 11.8. The van der Waals surface area contributed by atoms with Crippen LogP contribution in [0.3, 0.4) is 0 Å². The molecule has 6 nitrogen and oxygen atoms in total. The molecule has 0 saturated heterocycles. The van der Waals surface area contributed by atoms with E-state index in [0.717, 1.165) is 99.5 Å². The molecule has 14 aromatic rings. The lowest BCUT2D eigenvalue weighted by Gasteiger charge is -2.10. The molecule has 4 heterocycles. The number of hydrogen-bond donors (Lipinski definition) is 0. The van der Waals surface area contributed by atoms with E-state index in [9.17, 15) is 0 Å². The number of fused-ring (bicyclic) bond motifs is 9. The van der Waals surface area contributed by atoms with Crippen molar-refractivity contribution in [2.45, 2.75) is 0 Å². The predicted octanol–water partition coefficient (Wildman–Crippen LogP) is 16.8. The summed E-state index contributed by atoms with van der Waals surface area (Å²) in [7, 11) is 0. The third kappa shape index (κ3) is 6.45. The topological polar surface area (TPSA) is 69.9 Å². The Labute approximate surface area is 396 Å². The summed E-state index contributed by atoms with van der Waals surface area (Å²) in [4.78, 5) is 15.4. The van der Waals surface area contributed by atoms with Crippen molar-refractivity contribution in [1.82, 2.24) is 19.5 Å². The van der Waals surface area contributed by atoms with E-state index in [2.05, 4.69) is 187 Å². The van der Waals surface area contributed by atoms with Gasteiger partial charge in [0.1, 0.15) is 22.3 Å². The Bertz CT molecular complexity index is 4290. The monoisotopic (exact) mass is 882 g/mol. The van der Waals surface area contributed by atoms with Crippen molar-refractivity contribution < 1.29 is 8.83 Å². The van der Waals surface area contributed by atoms with Gasteiger partial charge in [0.05, 0.1) is 11.0 Å². The minimum Gasteiger partial charge on any atom is -0.456 e. The van der Waals surface area contributed by atoms with Crippen molar-refractivity contribution in [3.63, 3.8) is 0 Å². The van der Waals surface area contributed by atoms with E-state index in [1.165, 1.54) is 21.9 Å². The maximum atomic E-state index is 6.81. The molecule has 0 amide bonds. The molecule has 322 valence electrons. The van der Waals surface area contributed by atoms with E-state index in [0.29, 0.717) is 17.5 Å². The first kappa shape index (κ1) is 38.8. The molecule has 10 aromatic carbocycles. The van der Waals surface area contributed by atoms with Gasteiger partial charge in [-0.2, -0.15) is 0 Å². The van der Waals surface area contributed by atoms with E-state index >= 15 is 0 Å². The standard InChI is InChI=1S/C63H38N4O2/c1-4-14-39(15-5-1)41-26-28-43(29-27-41)62-64-61(42-18-8-3-9-19-42)65-63(66-62)50-23-13-25-58-59(50)53-37-45(31-34-57(53)68-58)47-21-12-22-49-52-38-46(32-35-56(52)69-60(47)49)67-54-24-11-10-20-48(54)51-36-44(30-33-55(51)67)40-16-6-2-7-17-40/h1-38H. The number of para-hydroxylation sites is 2. The summed E-state index contributed by atoms with van der Waals surface area (Å²) in [6, 6.07) is 80.4. The van der Waals surface area contributed by atoms with Gasteiger partial charge in [-0.05, 0) is 82.4 Å². The van der Waals surface area contributed by atoms with Gasteiger partial charge in [0.15, 0.2) is 17.5 Å². The molecule has 14 rings (SSSR count). The summed E-state index contributed by atoms with van der Waals surface area (Å²) in [5.41, 5.74) is 16.0. The Hall–Kier alpha value is -9.39. The highest BCUT2D eigenvalue weighted by molar-refractivity contribution is 6.15. The first-order valence-corrected chi connectivity index (χ1v) is 23.2. The van der Waals surface area contributed by atoms with Crippen LogP contribution < -0.4 is 0 Å². The molecule has 6 heteroatoms. The van der Waals surface area contributed by atoms with Crippen LogP contribution in [0.4, 0.5) is 0 Å². The highest BCUT2D eigenvalue weighted by atomic mass is 16.3. The molecule has 0 aliphatic carbocycles. The van der Waals surface area contributed by atoms with Gasteiger partial charge in [-0.15, -0.1) is 0 Å². The van der Waals surface area contributed by atoms with Crippen molar-refractivity contribution >= 4 is 65.7 Å². The maximum Gasteiger partial charge on any atom is 0.164 e. The summed E-state index contributed by atoms with van der Waals surface area (Å²) >= 11 is 0. The van der Waals surface area contributed by atoms with Gasteiger partial charge >= 0.3 is 0 Å². The van der Waals surface area contributed by atoms with Crippen molar-refractivity contribution in [2.24, 2.45) is 0 Å². The van der Waals surface area contributed by atoms with Crippen LogP contribution >= 0.6 is 0 Å². The first-order chi connectivity index (χ1) is 34.2. The molecule has 0 aliphatic rings. The third-order valence-corrected chi connectivity index (χ3v) is 13.5. The highest BCUT2D eigenvalue weighted by Gasteiger charge is 2.21. The zero-order chi connectivity index (χ0) is 45.4. The van der Waals surface area contributed by atoms with Crippen molar-refractivity contribution in [3.05, 3.63) is 231 Å². The van der Waals surface area contributed by atoms with Gasteiger partial charge in [0.2, 0.25) is 0 Å². The largest absolute Gasteiger partial charge is 0.456 e. The molecule has 69 heavy (non-hydrogen) atoms. The zero-order valence-electron chi connectivity index (χ0n) is 37.0. The minimum atomic E-state index is 0.569. The van der Waals surface area contributed by atoms with Crippen molar-refractivity contribution in [2.75, 3.05) is 0 Å². The quantitative estimate of drug-likeness (QED) is 0.159. The fourth-order valence-corrected chi connectivity index (χ4v) is 10.2. The minimum absolute atomic E-state index is 0.569. The second kappa shape index (κ2) is 15.6. The van der Waals surface area contributed by atoms with Crippen LogP contribution in [0.15, 0.2) is 239 Å². The van der Waals surface area contributed by atoms with Crippen LogP contribution in [0.1, 0.15) is 0 Å². The van der Waals surface area contributed by atoms with Crippen LogP contribution in [0.2, 0.25) is 0 Å². The van der Waals surface area contributed by atoms with Crippen LogP contribution in [0.25, 0.3) is 139 Å². The summed E-state index contributed by atoms with van der Waals surface area (Å²) < 4.78 is 15.7. The second-order valence-electron chi connectivity index (χ2n) is 17.5. The van der Waals surface area contributed by atoms with Crippen LogP contribution in [0.5, 0.6) is 0 Å². The van der Waals surface area contributed by atoms with E-state index in [1.54, 1.807) is 0 Å². The number of benzene rings is 10. The summed E-state index contributed by atoms with van der Waals surface area (Å²) in [6.45, 7) is 0. The predicted molar refractivity (Wildman–Crippen MR) is 281 cm³/mol. The van der Waals surface area contributed by atoms with Gasteiger partial charge in [0.25, 0.3) is 0 Å². The fourth-order valence-electron chi connectivity index (χ4n) is 10.2. The zero-order valence-corrected chi connectivity index (χ0v) is 37.0. The Balaban J connectivity index is 0.890. The number of rotatable bonds is 7. The molecule has 0 aliphatic heterocycles. The molecular weight excluding hydrogens is 845 g/mol. The SMILES string of the molecule is c1ccc(-c2ccc(-c3nc(-c4ccccc4)nc(-c4cccc5oc6ccc(-c7cccc8c7oc7ccc(-n9c%10ccccc%10c%10cc(-c%11ccccc%11)ccc%109)cc78)cc6c45)n3)cc2)cc1. The van der Waals surface area contributed by atoms with Crippen molar-refractivity contribution in [3.8, 4) is 73.2 Å². The molecule has 0 bridgehead atoms. The van der Waals surface area contributed by atoms with Crippen molar-refractivity contribution in [1.29, 1.82) is 0 Å². The molecule has 0 atom stereocenters. The van der Waals surface area contributed by atoms with Crippen LogP contribution in [-0.2, 0) is 0 Å². The molecule has 0 spiro atoms. The Morgan fingerprint density at radius 3 is 1.61 bits per heavy atom. The van der Waals surface area contributed by atoms with Gasteiger partial charge in [-0.1, -0.05) is 176 Å². The average molecular weight is 883 g/mol. The smallest absolute Gasteiger partial charge is 0.164 e. The molecule has 0 radical (unpaired) electrons. The Morgan fingerprint density at radius 2 is 0.826 bits per heavy atom. The highest BCUT2D eigenvalue weighted by Crippen LogP contribution is 2.43. The first-order valence-electron chi connectivity index (χ1n) is 23.2. The summed E-state index contributed by atoms with van der Waals surface area (Å²) in [5.74, 6) is 1.77. The van der Waals surface area contributed by atoms with E-state index in [4.69, 9.17) is 23.8 Å². The summed E-state index contributed by atoms with van der Waals surface area (Å²) in [6.07, 6.45) is 0. The lowest BCUT2D eigenvalue weighted by molar-refractivity contribution is 0.668. The Kier molecular flexibility index (Phi) is 8.79. The van der Waals surface area contributed by atoms with Gasteiger partial charge < -0.3 is 13.4 Å². The molecule has 4 aromatic heterocycles. The fraction of sp³-hybridized carbons (Fsp3) is 0. The lowest BCUT2D eigenvalue weighted by Crippen LogP contribution is -2.00. The van der Waals surface area contributed by atoms with E-state index in [-0.39, 0.29) is 0 Å². The number of nitrogens with zero attached hydrogens (tertiary/aromatic N) is 4. The number of hydrogen-bond acceptors (Lipinski definition) is 5. The van der Waals surface area contributed by atoms with Gasteiger partial charge in [-0.25, -0.2) is 15.0 Å². The molecule has 0 N–H and O–H groups in total. The van der Waals surface area contributed by atoms with E-state index < -0.39 is 0 Å². The Morgan fingerprint density at radius 1 is 0.290 bits per heavy atom. The number of furan rings is 2. The molecule has 0 saturated carbocycles. The lowest BCUT2D eigenvalue weighted by atomic mass is 9.99. The maximum absolute atomic E-state index is 6.81. The third-order valence-electron chi connectivity index (χ3n) is 13.5. The number of aromatic nitrogens is 4. The van der Waals surface area contributed by atoms with Crippen LogP contribution in [-0.4, -0.2) is 19.5 Å².